The van der Waals surface area contributed by atoms with Crippen LogP contribution in [0.15, 0.2) is 24.4 Å². The molecule has 1 aromatic heterocycles. The molecule has 106 valence electrons. The largest absolute Gasteiger partial charge is 0.317 e. The van der Waals surface area contributed by atoms with Crippen molar-refractivity contribution in [2.24, 2.45) is 0 Å². The summed E-state index contributed by atoms with van der Waals surface area (Å²) in [5, 5.41) is 8.17. The molecule has 1 fully saturated rings. The van der Waals surface area contributed by atoms with E-state index >= 15 is 0 Å². The van der Waals surface area contributed by atoms with Crippen LogP contribution in [0.2, 0.25) is 0 Å². The lowest BCUT2D eigenvalue weighted by molar-refractivity contribution is 0.342. The van der Waals surface area contributed by atoms with Gasteiger partial charge in [0.25, 0.3) is 0 Å². The molecule has 1 aliphatic heterocycles. The zero-order chi connectivity index (χ0) is 14.1. The van der Waals surface area contributed by atoms with Gasteiger partial charge in [0, 0.05) is 11.8 Å². The Labute approximate surface area is 121 Å². The Morgan fingerprint density at radius 3 is 2.35 bits per heavy atom. The summed E-state index contributed by atoms with van der Waals surface area (Å²) < 4.78 is 2.18. The van der Waals surface area contributed by atoms with Gasteiger partial charge in [0.05, 0.1) is 11.7 Å². The van der Waals surface area contributed by atoms with Gasteiger partial charge < -0.3 is 5.32 Å². The molecule has 0 bridgehead atoms. The first-order chi connectivity index (χ1) is 9.63. The Morgan fingerprint density at radius 2 is 1.70 bits per heavy atom. The van der Waals surface area contributed by atoms with Crippen molar-refractivity contribution in [1.82, 2.24) is 15.1 Å². The van der Waals surface area contributed by atoms with Crippen molar-refractivity contribution < 1.29 is 0 Å². The van der Waals surface area contributed by atoms with Crippen LogP contribution in [-0.4, -0.2) is 22.9 Å². The fourth-order valence-electron chi connectivity index (χ4n) is 3.15. The molecule has 0 saturated carbocycles. The monoisotopic (exact) mass is 269 g/mol. The summed E-state index contributed by atoms with van der Waals surface area (Å²) in [6, 6.07) is 7.28. The molecule has 1 aromatic carbocycles. The minimum atomic E-state index is 0.551. The smallest absolute Gasteiger partial charge is 0.0672 e. The lowest BCUT2D eigenvalue weighted by Crippen LogP contribution is -2.29. The van der Waals surface area contributed by atoms with Crippen molar-refractivity contribution in [1.29, 1.82) is 0 Å². The maximum absolute atomic E-state index is 4.76. The molecule has 3 rings (SSSR count). The summed E-state index contributed by atoms with van der Waals surface area (Å²) in [6.45, 7) is 8.63. The van der Waals surface area contributed by atoms with E-state index in [1.165, 1.54) is 35.1 Å². The van der Waals surface area contributed by atoms with E-state index in [-0.39, 0.29) is 0 Å². The molecule has 0 unspecified atom stereocenters. The predicted octanol–water partition coefficient (Wildman–Crippen LogP) is 3.40. The number of piperidine rings is 1. The van der Waals surface area contributed by atoms with Crippen molar-refractivity contribution >= 4 is 0 Å². The molecular weight excluding hydrogens is 246 g/mol. The van der Waals surface area contributed by atoms with Crippen molar-refractivity contribution in [3.63, 3.8) is 0 Å². The number of nitrogens with zero attached hydrogens (tertiary/aromatic N) is 2. The summed E-state index contributed by atoms with van der Waals surface area (Å²) in [4.78, 5) is 0. The Morgan fingerprint density at radius 1 is 1.05 bits per heavy atom. The number of aromatic nitrogens is 2. The van der Waals surface area contributed by atoms with Gasteiger partial charge >= 0.3 is 0 Å². The van der Waals surface area contributed by atoms with Crippen molar-refractivity contribution in [2.75, 3.05) is 13.1 Å². The van der Waals surface area contributed by atoms with Crippen LogP contribution in [0, 0.1) is 20.8 Å². The van der Waals surface area contributed by atoms with E-state index in [4.69, 9.17) is 5.10 Å². The molecule has 1 N–H and O–H groups in total. The van der Waals surface area contributed by atoms with Crippen molar-refractivity contribution in [2.45, 2.75) is 39.7 Å². The average Bonchev–Trinajstić information content (AvgIpc) is 2.81. The van der Waals surface area contributed by atoms with Gasteiger partial charge in [0.2, 0.25) is 0 Å². The summed E-state index contributed by atoms with van der Waals surface area (Å²) >= 11 is 0. The first kappa shape index (κ1) is 13.4. The molecule has 0 radical (unpaired) electrons. The van der Waals surface area contributed by atoms with Crippen LogP contribution >= 0.6 is 0 Å². The van der Waals surface area contributed by atoms with E-state index in [9.17, 15) is 0 Å². The van der Waals surface area contributed by atoms with Crippen molar-refractivity contribution in [3.8, 4) is 11.1 Å². The molecule has 3 heteroatoms. The fourth-order valence-corrected chi connectivity index (χ4v) is 3.15. The number of hydrogen-bond donors (Lipinski definition) is 1. The van der Waals surface area contributed by atoms with Crippen LogP contribution < -0.4 is 5.32 Å². The zero-order valence-electron chi connectivity index (χ0n) is 12.6. The Bertz CT molecular complexity index is 586. The Hall–Kier alpha value is -1.61. The third-order valence-electron chi connectivity index (χ3n) is 4.13. The molecule has 0 spiro atoms. The van der Waals surface area contributed by atoms with E-state index in [2.05, 4.69) is 55.2 Å². The van der Waals surface area contributed by atoms with E-state index in [0.717, 1.165) is 18.8 Å². The van der Waals surface area contributed by atoms with Gasteiger partial charge in [-0.2, -0.15) is 5.10 Å². The van der Waals surface area contributed by atoms with Crippen LogP contribution in [-0.2, 0) is 0 Å². The normalized spacial score (nSPS) is 16.6. The molecule has 1 aliphatic rings. The quantitative estimate of drug-likeness (QED) is 0.905. The maximum atomic E-state index is 4.76. The molecule has 20 heavy (non-hydrogen) atoms. The van der Waals surface area contributed by atoms with E-state index < -0.39 is 0 Å². The minimum Gasteiger partial charge on any atom is -0.317 e. The third kappa shape index (κ3) is 2.63. The maximum Gasteiger partial charge on any atom is 0.0672 e. The van der Waals surface area contributed by atoms with Gasteiger partial charge in [-0.05, 0) is 52.3 Å². The molecule has 2 aromatic rings. The van der Waals surface area contributed by atoms with Crippen molar-refractivity contribution in [3.05, 3.63) is 41.2 Å². The van der Waals surface area contributed by atoms with Gasteiger partial charge in [-0.1, -0.05) is 29.3 Å². The second-order valence-electron chi connectivity index (χ2n) is 5.97. The second kappa shape index (κ2) is 5.41. The Kier molecular flexibility index (Phi) is 3.62. The minimum absolute atomic E-state index is 0.551. The van der Waals surface area contributed by atoms with Gasteiger partial charge in [-0.15, -0.1) is 0 Å². The summed E-state index contributed by atoms with van der Waals surface area (Å²) in [7, 11) is 0. The summed E-state index contributed by atoms with van der Waals surface area (Å²) in [5.74, 6) is 0. The highest BCUT2D eigenvalue weighted by Crippen LogP contribution is 2.27. The molecule has 0 atom stereocenters. The standard InChI is InChI=1S/C17H23N3/c1-12-8-13(2)10-15(9-12)17-11-20(19-14(17)3)16-4-6-18-7-5-16/h8-11,16,18H,4-7H2,1-3H3. The van der Waals surface area contributed by atoms with Crippen LogP contribution in [0.5, 0.6) is 0 Å². The number of benzene rings is 1. The number of aryl methyl sites for hydroxylation is 3. The molecule has 0 aliphatic carbocycles. The van der Waals surface area contributed by atoms with E-state index in [0.29, 0.717) is 6.04 Å². The van der Waals surface area contributed by atoms with Crippen LogP contribution in [0.25, 0.3) is 11.1 Å². The average molecular weight is 269 g/mol. The highest BCUT2D eigenvalue weighted by atomic mass is 15.3. The molecular formula is C17H23N3. The summed E-state index contributed by atoms with van der Waals surface area (Å²) in [5.41, 5.74) is 6.33. The van der Waals surface area contributed by atoms with Gasteiger partial charge in [0.1, 0.15) is 0 Å². The highest BCUT2D eigenvalue weighted by molar-refractivity contribution is 5.66. The zero-order valence-corrected chi connectivity index (χ0v) is 12.6. The molecule has 3 nitrogen and oxygen atoms in total. The van der Waals surface area contributed by atoms with Crippen LogP contribution in [0.4, 0.5) is 0 Å². The first-order valence-corrected chi connectivity index (χ1v) is 7.48. The Balaban J connectivity index is 1.95. The fraction of sp³-hybridized carbons (Fsp3) is 0.471. The third-order valence-corrected chi connectivity index (χ3v) is 4.13. The molecule has 2 heterocycles. The number of rotatable bonds is 2. The van der Waals surface area contributed by atoms with E-state index in [1.807, 2.05) is 0 Å². The predicted molar refractivity (Wildman–Crippen MR) is 83.0 cm³/mol. The topological polar surface area (TPSA) is 29.9 Å². The van der Waals surface area contributed by atoms with Gasteiger partial charge in [-0.3, -0.25) is 4.68 Å². The molecule has 1 saturated heterocycles. The van der Waals surface area contributed by atoms with Gasteiger partial charge in [-0.25, -0.2) is 0 Å². The SMILES string of the molecule is Cc1cc(C)cc(-c2cn(C3CCNCC3)nc2C)c1. The van der Waals surface area contributed by atoms with Crippen LogP contribution in [0.1, 0.15) is 35.7 Å². The lowest BCUT2D eigenvalue weighted by atomic mass is 10.0. The number of hydrogen-bond acceptors (Lipinski definition) is 2. The second-order valence-corrected chi connectivity index (χ2v) is 5.97. The number of nitrogens with one attached hydrogen (secondary N) is 1. The first-order valence-electron chi connectivity index (χ1n) is 7.48. The molecule has 0 amide bonds. The van der Waals surface area contributed by atoms with Gasteiger partial charge in [0.15, 0.2) is 0 Å². The van der Waals surface area contributed by atoms with E-state index in [1.54, 1.807) is 0 Å². The highest BCUT2D eigenvalue weighted by Gasteiger charge is 2.17. The van der Waals surface area contributed by atoms with Crippen LogP contribution in [0.3, 0.4) is 0 Å². The summed E-state index contributed by atoms with van der Waals surface area (Å²) in [6.07, 6.45) is 4.58. The lowest BCUT2D eigenvalue weighted by Gasteiger charge is -2.22.